The first-order valence-electron chi connectivity index (χ1n) is 9.46. The van der Waals surface area contributed by atoms with Crippen molar-refractivity contribution in [3.63, 3.8) is 0 Å². The van der Waals surface area contributed by atoms with Crippen LogP contribution in [0.5, 0.6) is 0 Å². The zero-order valence-electron chi connectivity index (χ0n) is 14.7. The molecule has 0 aromatic rings. The van der Waals surface area contributed by atoms with Crippen LogP contribution in [0.3, 0.4) is 0 Å². The molecule has 2 aliphatic heterocycles. The SMILES string of the molecule is CC1CN(CC2CCCN2C(=O)C2CCCC(N)C2)CC(C)O1. The van der Waals surface area contributed by atoms with Crippen molar-refractivity contribution in [2.75, 3.05) is 26.2 Å². The smallest absolute Gasteiger partial charge is 0.226 e. The van der Waals surface area contributed by atoms with E-state index in [2.05, 4.69) is 23.6 Å². The summed E-state index contributed by atoms with van der Waals surface area (Å²) in [5, 5.41) is 0. The van der Waals surface area contributed by atoms with Crippen LogP contribution in [-0.4, -0.2) is 66.2 Å². The Morgan fingerprint density at radius 1 is 1.13 bits per heavy atom. The first-order valence-corrected chi connectivity index (χ1v) is 9.46. The van der Waals surface area contributed by atoms with Crippen LogP contribution in [0, 0.1) is 5.92 Å². The minimum atomic E-state index is 0.168. The summed E-state index contributed by atoms with van der Waals surface area (Å²) >= 11 is 0. The van der Waals surface area contributed by atoms with E-state index in [1.807, 2.05) is 0 Å². The van der Waals surface area contributed by atoms with Crippen LogP contribution in [0.2, 0.25) is 0 Å². The molecule has 0 bridgehead atoms. The van der Waals surface area contributed by atoms with Gasteiger partial charge < -0.3 is 15.4 Å². The van der Waals surface area contributed by atoms with Crippen molar-refractivity contribution in [2.45, 2.75) is 76.7 Å². The van der Waals surface area contributed by atoms with Crippen LogP contribution in [0.25, 0.3) is 0 Å². The Hall–Kier alpha value is -0.650. The quantitative estimate of drug-likeness (QED) is 0.857. The highest BCUT2D eigenvalue weighted by Gasteiger charge is 2.36. The Balaban J connectivity index is 1.57. The molecule has 132 valence electrons. The lowest BCUT2D eigenvalue weighted by molar-refractivity contribution is -0.138. The fraction of sp³-hybridized carbons (Fsp3) is 0.944. The van der Waals surface area contributed by atoms with Gasteiger partial charge in [0.1, 0.15) is 0 Å². The maximum atomic E-state index is 13.0. The van der Waals surface area contributed by atoms with Gasteiger partial charge in [-0.1, -0.05) is 6.42 Å². The molecular formula is C18H33N3O2. The summed E-state index contributed by atoms with van der Waals surface area (Å²) in [6, 6.07) is 0.609. The Morgan fingerprint density at radius 2 is 1.87 bits per heavy atom. The predicted molar refractivity (Wildman–Crippen MR) is 91.1 cm³/mol. The first-order chi connectivity index (χ1) is 11.0. The highest BCUT2D eigenvalue weighted by atomic mass is 16.5. The van der Waals surface area contributed by atoms with Gasteiger partial charge in [0, 0.05) is 44.2 Å². The Labute approximate surface area is 140 Å². The van der Waals surface area contributed by atoms with E-state index in [1.165, 1.54) is 0 Å². The maximum Gasteiger partial charge on any atom is 0.226 e. The molecule has 5 nitrogen and oxygen atoms in total. The third-order valence-electron chi connectivity index (χ3n) is 5.69. The second kappa shape index (κ2) is 7.49. The van der Waals surface area contributed by atoms with Crippen molar-refractivity contribution in [3.8, 4) is 0 Å². The Bertz CT molecular complexity index is 407. The van der Waals surface area contributed by atoms with Gasteiger partial charge in [-0.3, -0.25) is 9.69 Å². The standard InChI is InChI=1S/C18H33N3O2/c1-13-10-20(11-14(2)23-13)12-17-7-4-8-21(17)18(22)15-5-3-6-16(19)9-15/h13-17H,3-12,19H2,1-2H3. The van der Waals surface area contributed by atoms with Gasteiger partial charge in [0.15, 0.2) is 0 Å². The molecule has 0 aromatic carbocycles. The van der Waals surface area contributed by atoms with Crippen LogP contribution in [0.4, 0.5) is 0 Å². The molecule has 3 aliphatic rings. The summed E-state index contributed by atoms with van der Waals surface area (Å²) in [5.41, 5.74) is 6.08. The van der Waals surface area contributed by atoms with E-state index < -0.39 is 0 Å². The molecular weight excluding hydrogens is 290 g/mol. The number of hydrogen-bond donors (Lipinski definition) is 1. The van der Waals surface area contributed by atoms with E-state index in [9.17, 15) is 4.79 Å². The summed E-state index contributed by atoms with van der Waals surface area (Å²) in [6.45, 7) is 8.19. The van der Waals surface area contributed by atoms with Gasteiger partial charge >= 0.3 is 0 Å². The van der Waals surface area contributed by atoms with Gasteiger partial charge in [0.2, 0.25) is 5.91 Å². The van der Waals surface area contributed by atoms with Crippen molar-refractivity contribution in [3.05, 3.63) is 0 Å². The molecule has 0 spiro atoms. The van der Waals surface area contributed by atoms with Gasteiger partial charge in [0.25, 0.3) is 0 Å². The fourth-order valence-electron chi connectivity index (χ4n) is 4.73. The summed E-state index contributed by atoms with van der Waals surface area (Å²) in [6.07, 6.45) is 6.97. The first kappa shape index (κ1) is 17.2. The summed E-state index contributed by atoms with van der Waals surface area (Å²) in [7, 11) is 0. The van der Waals surface area contributed by atoms with Crippen molar-refractivity contribution >= 4 is 5.91 Å². The van der Waals surface area contributed by atoms with Crippen molar-refractivity contribution in [1.29, 1.82) is 0 Å². The summed E-state index contributed by atoms with van der Waals surface area (Å²) in [4.78, 5) is 17.6. The zero-order chi connectivity index (χ0) is 16.4. The lowest BCUT2D eigenvalue weighted by Crippen LogP contribution is -2.52. The molecule has 5 atom stereocenters. The number of likely N-dealkylation sites (tertiary alicyclic amines) is 1. The lowest BCUT2D eigenvalue weighted by atomic mass is 9.85. The number of carbonyl (C=O) groups is 1. The topological polar surface area (TPSA) is 58.8 Å². The highest BCUT2D eigenvalue weighted by Crippen LogP contribution is 2.29. The minimum Gasteiger partial charge on any atom is -0.373 e. The molecule has 3 fully saturated rings. The number of amides is 1. The van der Waals surface area contributed by atoms with E-state index in [1.54, 1.807) is 0 Å². The van der Waals surface area contributed by atoms with Crippen LogP contribution < -0.4 is 5.73 Å². The minimum absolute atomic E-state index is 0.168. The number of carbonyl (C=O) groups excluding carboxylic acids is 1. The maximum absolute atomic E-state index is 13.0. The van der Waals surface area contributed by atoms with Gasteiger partial charge in [-0.05, 0) is 46.0 Å². The molecule has 5 unspecified atom stereocenters. The second-order valence-electron chi connectivity index (χ2n) is 7.93. The molecule has 1 aliphatic carbocycles. The Morgan fingerprint density at radius 3 is 2.57 bits per heavy atom. The van der Waals surface area contributed by atoms with Crippen LogP contribution >= 0.6 is 0 Å². The van der Waals surface area contributed by atoms with Gasteiger partial charge in [-0.2, -0.15) is 0 Å². The van der Waals surface area contributed by atoms with E-state index in [0.717, 1.165) is 64.7 Å². The predicted octanol–water partition coefficient (Wildman–Crippen LogP) is 1.60. The number of ether oxygens (including phenoxy) is 1. The van der Waals surface area contributed by atoms with E-state index in [4.69, 9.17) is 10.5 Å². The van der Waals surface area contributed by atoms with Gasteiger partial charge in [-0.25, -0.2) is 0 Å². The molecule has 0 radical (unpaired) electrons. The number of nitrogens with zero attached hydrogens (tertiary/aromatic N) is 2. The van der Waals surface area contributed by atoms with Gasteiger partial charge in [0.05, 0.1) is 12.2 Å². The molecule has 23 heavy (non-hydrogen) atoms. The van der Waals surface area contributed by atoms with Crippen LogP contribution in [-0.2, 0) is 9.53 Å². The van der Waals surface area contributed by atoms with Crippen LogP contribution in [0.15, 0.2) is 0 Å². The molecule has 2 heterocycles. The Kier molecular flexibility index (Phi) is 5.60. The molecule has 2 saturated heterocycles. The molecule has 0 aromatic heterocycles. The fourth-order valence-corrected chi connectivity index (χ4v) is 4.73. The van der Waals surface area contributed by atoms with Crippen molar-refractivity contribution < 1.29 is 9.53 Å². The van der Waals surface area contributed by atoms with Crippen LogP contribution in [0.1, 0.15) is 52.4 Å². The zero-order valence-corrected chi connectivity index (χ0v) is 14.7. The molecule has 2 N–H and O–H groups in total. The third-order valence-corrected chi connectivity index (χ3v) is 5.69. The molecule has 3 rings (SSSR count). The molecule has 5 heteroatoms. The second-order valence-corrected chi connectivity index (χ2v) is 7.93. The summed E-state index contributed by atoms with van der Waals surface area (Å²) < 4.78 is 5.83. The normalized spacial score (nSPS) is 39.6. The monoisotopic (exact) mass is 323 g/mol. The third kappa shape index (κ3) is 4.25. The average molecular weight is 323 g/mol. The number of morpholine rings is 1. The highest BCUT2D eigenvalue weighted by molar-refractivity contribution is 5.79. The van der Waals surface area contributed by atoms with E-state index >= 15 is 0 Å². The lowest BCUT2D eigenvalue weighted by Gasteiger charge is -2.39. The van der Waals surface area contributed by atoms with Crippen molar-refractivity contribution in [1.82, 2.24) is 9.80 Å². The summed E-state index contributed by atoms with van der Waals surface area (Å²) in [5.74, 6) is 0.541. The average Bonchev–Trinajstić information content (AvgIpc) is 2.93. The number of nitrogens with two attached hydrogens (primary N) is 1. The van der Waals surface area contributed by atoms with Crippen molar-refractivity contribution in [2.24, 2.45) is 11.7 Å². The van der Waals surface area contributed by atoms with E-state index in [0.29, 0.717) is 24.2 Å². The largest absolute Gasteiger partial charge is 0.373 e. The number of rotatable bonds is 3. The van der Waals surface area contributed by atoms with E-state index in [-0.39, 0.29) is 12.0 Å². The molecule has 1 saturated carbocycles. The molecule has 1 amide bonds. The number of hydrogen-bond acceptors (Lipinski definition) is 4. The van der Waals surface area contributed by atoms with Gasteiger partial charge in [-0.15, -0.1) is 0 Å².